The molecule has 0 aromatic heterocycles. The normalized spacial score (nSPS) is 27.4. The van der Waals surface area contributed by atoms with Gasteiger partial charge in [0.25, 0.3) is 0 Å². The minimum absolute atomic E-state index is 0.0507. The maximum absolute atomic E-state index is 11.5. The van der Waals surface area contributed by atoms with E-state index < -0.39 is 0 Å². The van der Waals surface area contributed by atoms with Gasteiger partial charge in [-0.05, 0) is 24.7 Å². The smallest absolute Gasteiger partial charge is 0.224 e. The zero-order valence-corrected chi connectivity index (χ0v) is 10.7. The monoisotopic (exact) mass is 226 g/mol. The number of hydrogen-bond donors (Lipinski definition) is 2. The molecular formula is C13H26N2O. The van der Waals surface area contributed by atoms with Crippen molar-refractivity contribution in [2.24, 2.45) is 23.5 Å². The molecule has 0 aromatic carbocycles. The molecule has 94 valence electrons. The summed E-state index contributed by atoms with van der Waals surface area (Å²) in [6.45, 7) is 5.46. The second kappa shape index (κ2) is 6.89. The van der Waals surface area contributed by atoms with Gasteiger partial charge >= 0.3 is 0 Å². The van der Waals surface area contributed by atoms with Gasteiger partial charge < -0.3 is 11.1 Å². The van der Waals surface area contributed by atoms with Crippen molar-refractivity contribution in [2.45, 2.75) is 46.0 Å². The molecular weight excluding hydrogens is 200 g/mol. The molecule has 1 fully saturated rings. The molecule has 1 rings (SSSR count). The molecule has 16 heavy (non-hydrogen) atoms. The van der Waals surface area contributed by atoms with Crippen LogP contribution >= 0.6 is 0 Å². The first-order valence-corrected chi connectivity index (χ1v) is 6.61. The third-order valence-electron chi connectivity index (χ3n) is 3.70. The lowest BCUT2D eigenvalue weighted by Gasteiger charge is -2.26. The van der Waals surface area contributed by atoms with Gasteiger partial charge in [-0.15, -0.1) is 0 Å². The highest BCUT2D eigenvalue weighted by molar-refractivity contribution is 5.78. The topological polar surface area (TPSA) is 55.1 Å². The van der Waals surface area contributed by atoms with Crippen LogP contribution in [0.15, 0.2) is 0 Å². The highest BCUT2D eigenvalue weighted by atomic mass is 16.1. The lowest BCUT2D eigenvalue weighted by molar-refractivity contribution is -0.124. The van der Waals surface area contributed by atoms with E-state index in [2.05, 4.69) is 12.2 Å². The Bertz CT molecular complexity index is 218. The third-order valence-corrected chi connectivity index (χ3v) is 3.70. The molecule has 3 nitrogen and oxygen atoms in total. The van der Waals surface area contributed by atoms with E-state index in [0.29, 0.717) is 6.54 Å². The molecule has 1 saturated carbocycles. The van der Waals surface area contributed by atoms with Gasteiger partial charge in [-0.3, -0.25) is 4.79 Å². The molecule has 3 unspecified atom stereocenters. The Morgan fingerprint density at radius 3 is 2.88 bits per heavy atom. The maximum atomic E-state index is 11.5. The second-order valence-electron chi connectivity index (χ2n) is 5.35. The Hall–Kier alpha value is -0.570. The van der Waals surface area contributed by atoms with E-state index in [-0.39, 0.29) is 11.8 Å². The van der Waals surface area contributed by atoms with Gasteiger partial charge in [0.15, 0.2) is 0 Å². The number of nitrogens with two attached hydrogens (primary N) is 1. The zero-order valence-electron chi connectivity index (χ0n) is 10.7. The standard InChI is InChI=1S/C13H26N2O/c1-10-4-3-5-12(8-10)6-7-15-13(16)11(2)9-14/h10-12H,3-9,14H2,1-2H3,(H,15,16). The van der Waals surface area contributed by atoms with Crippen molar-refractivity contribution in [1.82, 2.24) is 5.32 Å². The Kier molecular flexibility index (Phi) is 5.81. The summed E-state index contributed by atoms with van der Waals surface area (Å²) in [4.78, 5) is 11.5. The van der Waals surface area contributed by atoms with Crippen LogP contribution < -0.4 is 11.1 Å². The molecule has 3 heteroatoms. The molecule has 0 saturated heterocycles. The van der Waals surface area contributed by atoms with Crippen molar-refractivity contribution in [3.8, 4) is 0 Å². The molecule has 0 aliphatic heterocycles. The molecule has 0 radical (unpaired) electrons. The molecule has 1 aliphatic carbocycles. The average Bonchev–Trinajstić information content (AvgIpc) is 2.28. The summed E-state index contributed by atoms with van der Waals surface area (Å²) >= 11 is 0. The molecule has 1 amide bonds. The SMILES string of the molecule is CC1CCCC(CCNC(=O)C(C)CN)C1. The minimum atomic E-state index is -0.0507. The van der Waals surface area contributed by atoms with Crippen LogP contribution in [0.3, 0.4) is 0 Å². The molecule has 3 atom stereocenters. The third kappa shape index (κ3) is 4.52. The Labute approximate surface area is 99.2 Å². The molecule has 0 spiro atoms. The Balaban J connectivity index is 2.12. The fraction of sp³-hybridized carbons (Fsp3) is 0.923. The first kappa shape index (κ1) is 13.5. The summed E-state index contributed by atoms with van der Waals surface area (Å²) in [5, 5.41) is 2.98. The predicted octanol–water partition coefficient (Wildman–Crippen LogP) is 1.91. The van der Waals surface area contributed by atoms with E-state index in [1.165, 1.54) is 25.7 Å². The minimum Gasteiger partial charge on any atom is -0.356 e. The van der Waals surface area contributed by atoms with Gasteiger partial charge in [0.2, 0.25) is 5.91 Å². The van der Waals surface area contributed by atoms with Crippen molar-refractivity contribution in [3.05, 3.63) is 0 Å². The van der Waals surface area contributed by atoms with Crippen molar-refractivity contribution in [3.63, 3.8) is 0 Å². The fourth-order valence-corrected chi connectivity index (χ4v) is 2.50. The van der Waals surface area contributed by atoms with E-state index in [0.717, 1.165) is 24.8 Å². The van der Waals surface area contributed by atoms with E-state index in [9.17, 15) is 4.79 Å². The summed E-state index contributed by atoms with van der Waals surface area (Å²) in [7, 11) is 0. The summed E-state index contributed by atoms with van der Waals surface area (Å²) in [5.41, 5.74) is 5.44. The summed E-state index contributed by atoms with van der Waals surface area (Å²) in [6.07, 6.45) is 6.55. The number of amides is 1. The Morgan fingerprint density at radius 2 is 2.25 bits per heavy atom. The van der Waals surface area contributed by atoms with E-state index in [1.807, 2.05) is 6.92 Å². The molecule has 0 bridgehead atoms. The quantitative estimate of drug-likeness (QED) is 0.752. The van der Waals surface area contributed by atoms with Crippen LogP contribution in [-0.4, -0.2) is 19.0 Å². The Morgan fingerprint density at radius 1 is 1.50 bits per heavy atom. The number of nitrogens with one attached hydrogen (secondary N) is 1. The number of rotatable bonds is 5. The van der Waals surface area contributed by atoms with Gasteiger partial charge in [-0.1, -0.05) is 33.1 Å². The first-order chi connectivity index (χ1) is 7.63. The number of hydrogen-bond acceptors (Lipinski definition) is 2. The van der Waals surface area contributed by atoms with Crippen LogP contribution in [0.2, 0.25) is 0 Å². The van der Waals surface area contributed by atoms with Gasteiger partial charge in [-0.2, -0.15) is 0 Å². The van der Waals surface area contributed by atoms with Crippen LogP contribution in [-0.2, 0) is 4.79 Å². The highest BCUT2D eigenvalue weighted by Gasteiger charge is 2.19. The van der Waals surface area contributed by atoms with Gasteiger partial charge in [-0.25, -0.2) is 0 Å². The van der Waals surface area contributed by atoms with Crippen LogP contribution in [0.25, 0.3) is 0 Å². The first-order valence-electron chi connectivity index (χ1n) is 6.61. The molecule has 1 aliphatic rings. The molecule has 3 N–H and O–H groups in total. The maximum Gasteiger partial charge on any atom is 0.224 e. The zero-order chi connectivity index (χ0) is 12.0. The molecule has 0 aromatic rings. The van der Waals surface area contributed by atoms with Crippen molar-refractivity contribution >= 4 is 5.91 Å². The van der Waals surface area contributed by atoms with Gasteiger partial charge in [0.1, 0.15) is 0 Å². The van der Waals surface area contributed by atoms with Crippen molar-refractivity contribution in [1.29, 1.82) is 0 Å². The lowest BCUT2D eigenvalue weighted by Crippen LogP contribution is -2.34. The highest BCUT2D eigenvalue weighted by Crippen LogP contribution is 2.30. The van der Waals surface area contributed by atoms with Crippen LogP contribution in [0.4, 0.5) is 0 Å². The largest absolute Gasteiger partial charge is 0.356 e. The second-order valence-corrected chi connectivity index (χ2v) is 5.35. The molecule has 0 heterocycles. The van der Waals surface area contributed by atoms with Gasteiger partial charge in [0, 0.05) is 19.0 Å². The van der Waals surface area contributed by atoms with E-state index >= 15 is 0 Å². The number of carbonyl (C=O) groups is 1. The van der Waals surface area contributed by atoms with Crippen molar-refractivity contribution in [2.75, 3.05) is 13.1 Å². The van der Waals surface area contributed by atoms with E-state index in [4.69, 9.17) is 5.73 Å². The van der Waals surface area contributed by atoms with Crippen LogP contribution in [0.1, 0.15) is 46.0 Å². The average molecular weight is 226 g/mol. The summed E-state index contributed by atoms with van der Waals surface area (Å²) < 4.78 is 0. The number of carbonyl (C=O) groups excluding carboxylic acids is 1. The van der Waals surface area contributed by atoms with Crippen LogP contribution in [0.5, 0.6) is 0 Å². The van der Waals surface area contributed by atoms with Gasteiger partial charge in [0.05, 0.1) is 0 Å². The predicted molar refractivity (Wildman–Crippen MR) is 67.0 cm³/mol. The van der Waals surface area contributed by atoms with Crippen molar-refractivity contribution < 1.29 is 4.79 Å². The van der Waals surface area contributed by atoms with E-state index in [1.54, 1.807) is 0 Å². The summed E-state index contributed by atoms with van der Waals surface area (Å²) in [5.74, 6) is 1.74. The lowest BCUT2D eigenvalue weighted by atomic mass is 9.81. The fourth-order valence-electron chi connectivity index (χ4n) is 2.50. The summed E-state index contributed by atoms with van der Waals surface area (Å²) in [6, 6.07) is 0. The van der Waals surface area contributed by atoms with Crippen LogP contribution in [0, 0.1) is 17.8 Å².